The van der Waals surface area contributed by atoms with Gasteiger partial charge >= 0.3 is 6.18 Å². The van der Waals surface area contributed by atoms with Gasteiger partial charge in [0, 0.05) is 12.2 Å². The van der Waals surface area contributed by atoms with Gasteiger partial charge in [0.2, 0.25) is 0 Å². The molecule has 114 valence electrons. The Balaban J connectivity index is 0.000000235. The molecule has 0 aliphatic rings. The zero-order chi connectivity index (χ0) is 15.9. The fraction of sp³-hybridized carbons (Fsp3) is 0.200. The van der Waals surface area contributed by atoms with Crippen LogP contribution in [-0.4, -0.2) is 7.11 Å². The number of methoxy groups -OCH3 is 1. The van der Waals surface area contributed by atoms with Crippen molar-refractivity contribution in [1.82, 2.24) is 0 Å². The molecule has 0 unspecified atom stereocenters. The summed E-state index contributed by atoms with van der Waals surface area (Å²) in [6, 6.07) is 13.4. The molecule has 2 aromatic rings. The van der Waals surface area contributed by atoms with Crippen LogP contribution in [0.3, 0.4) is 0 Å². The van der Waals surface area contributed by atoms with E-state index in [0.29, 0.717) is 6.54 Å². The van der Waals surface area contributed by atoms with Gasteiger partial charge in [0.05, 0.1) is 12.7 Å². The topological polar surface area (TPSA) is 61.3 Å². The molecule has 0 bridgehead atoms. The summed E-state index contributed by atoms with van der Waals surface area (Å²) in [6.07, 6.45) is -4.43. The lowest BCUT2D eigenvalue weighted by Gasteiger charge is -2.10. The third-order valence-electron chi connectivity index (χ3n) is 2.64. The number of halogens is 3. The second-order valence-corrected chi connectivity index (χ2v) is 4.14. The lowest BCUT2D eigenvalue weighted by molar-refractivity contribution is -0.137. The minimum atomic E-state index is -4.43. The fourth-order valence-electron chi connectivity index (χ4n) is 1.52. The van der Waals surface area contributed by atoms with E-state index < -0.39 is 11.7 Å². The largest absolute Gasteiger partial charge is 0.497 e. The summed E-state index contributed by atoms with van der Waals surface area (Å²) >= 11 is 0. The zero-order valence-electron chi connectivity index (χ0n) is 11.5. The van der Waals surface area contributed by atoms with E-state index in [-0.39, 0.29) is 11.4 Å². The summed E-state index contributed by atoms with van der Waals surface area (Å²) < 4.78 is 41.3. The summed E-state index contributed by atoms with van der Waals surface area (Å²) in [5.74, 6) is 0.140. The Hall–Kier alpha value is -2.21. The summed E-state index contributed by atoms with van der Waals surface area (Å²) in [6.45, 7) is 0.640. The van der Waals surface area contributed by atoms with Crippen molar-refractivity contribution in [3.63, 3.8) is 0 Å². The highest BCUT2D eigenvalue weighted by Gasteiger charge is 2.33. The highest BCUT2D eigenvalue weighted by molar-refractivity contribution is 5.51. The van der Waals surface area contributed by atoms with E-state index in [2.05, 4.69) is 4.74 Å². The number of alkyl halides is 3. The van der Waals surface area contributed by atoms with Gasteiger partial charge in [-0.25, -0.2) is 0 Å². The number of anilines is 1. The second kappa shape index (κ2) is 7.54. The molecule has 21 heavy (non-hydrogen) atoms. The summed E-state index contributed by atoms with van der Waals surface area (Å²) in [7, 11) is 1.30. The Morgan fingerprint density at radius 2 is 1.67 bits per heavy atom. The summed E-state index contributed by atoms with van der Waals surface area (Å²) in [4.78, 5) is 0. The van der Waals surface area contributed by atoms with Crippen LogP contribution in [0.15, 0.2) is 48.5 Å². The maximum atomic E-state index is 12.2. The second-order valence-electron chi connectivity index (χ2n) is 4.14. The van der Waals surface area contributed by atoms with Crippen LogP contribution in [0.25, 0.3) is 0 Å². The molecule has 0 radical (unpaired) electrons. The van der Waals surface area contributed by atoms with Crippen LogP contribution in [-0.2, 0) is 12.7 Å². The van der Waals surface area contributed by atoms with Gasteiger partial charge < -0.3 is 16.2 Å². The van der Waals surface area contributed by atoms with E-state index in [4.69, 9.17) is 11.5 Å². The summed E-state index contributed by atoms with van der Waals surface area (Å²) in [5, 5.41) is 0. The van der Waals surface area contributed by atoms with Crippen molar-refractivity contribution in [3.05, 3.63) is 59.7 Å². The normalized spacial score (nSPS) is 10.5. The van der Waals surface area contributed by atoms with Crippen molar-refractivity contribution in [3.8, 4) is 5.75 Å². The standard InChI is InChI=1S/C8H8F3NO.C7H9N/c1-13-5-2-3-7(12)6(4-5)8(9,10)11;8-6-7-4-2-1-3-5-7/h2-4H,12H2,1H3;1-5H,6,8H2. The van der Waals surface area contributed by atoms with Crippen molar-refractivity contribution < 1.29 is 17.9 Å². The molecule has 3 nitrogen and oxygen atoms in total. The predicted molar refractivity (Wildman–Crippen MR) is 76.7 cm³/mol. The SMILES string of the molecule is COc1ccc(N)c(C(F)(F)F)c1.NCc1ccccc1. The number of benzene rings is 2. The lowest BCUT2D eigenvalue weighted by atomic mass is 10.1. The van der Waals surface area contributed by atoms with Crippen molar-refractivity contribution in [1.29, 1.82) is 0 Å². The Morgan fingerprint density at radius 1 is 1.05 bits per heavy atom. The van der Waals surface area contributed by atoms with Crippen LogP contribution in [0, 0.1) is 0 Å². The van der Waals surface area contributed by atoms with Crippen molar-refractivity contribution >= 4 is 5.69 Å². The number of hydrogen-bond acceptors (Lipinski definition) is 3. The molecule has 0 aliphatic carbocycles. The molecule has 0 heterocycles. The predicted octanol–water partition coefficient (Wildman–Crippen LogP) is 3.44. The van der Waals surface area contributed by atoms with Crippen LogP contribution < -0.4 is 16.2 Å². The van der Waals surface area contributed by atoms with Crippen molar-refractivity contribution in [2.24, 2.45) is 5.73 Å². The fourth-order valence-corrected chi connectivity index (χ4v) is 1.52. The number of ether oxygens (including phenoxy) is 1. The average molecular weight is 298 g/mol. The van der Waals surface area contributed by atoms with E-state index >= 15 is 0 Å². The third-order valence-corrected chi connectivity index (χ3v) is 2.64. The first-order valence-electron chi connectivity index (χ1n) is 6.13. The molecule has 2 rings (SSSR count). The average Bonchev–Trinajstić information content (AvgIpc) is 2.48. The molecule has 4 N–H and O–H groups in total. The third kappa shape index (κ3) is 5.35. The van der Waals surface area contributed by atoms with Gasteiger partial charge in [0.15, 0.2) is 0 Å². The van der Waals surface area contributed by atoms with Gasteiger partial charge in [-0.1, -0.05) is 30.3 Å². The number of nitrogen functional groups attached to an aromatic ring is 1. The Bertz CT molecular complexity index is 557. The van der Waals surface area contributed by atoms with E-state index in [1.165, 1.54) is 24.8 Å². The van der Waals surface area contributed by atoms with E-state index in [1.54, 1.807) is 0 Å². The van der Waals surface area contributed by atoms with Crippen LogP contribution in [0.1, 0.15) is 11.1 Å². The molecule has 0 atom stereocenters. The highest BCUT2D eigenvalue weighted by atomic mass is 19.4. The minimum Gasteiger partial charge on any atom is -0.497 e. The first-order valence-corrected chi connectivity index (χ1v) is 6.13. The van der Waals surface area contributed by atoms with Crippen LogP contribution >= 0.6 is 0 Å². The maximum absolute atomic E-state index is 12.2. The van der Waals surface area contributed by atoms with Crippen LogP contribution in [0.5, 0.6) is 5.75 Å². The van der Waals surface area contributed by atoms with Gasteiger partial charge in [-0.15, -0.1) is 0 Å². The smallest absolute Gasteiger partial charge is 0.418 e. The number of nitrogens with two attached hydrogens (primary N) is 2. The first-order chi connectivity index (χ1) is 9.88. The molecule has 0 aromatic heterocycles. The Morgan fingerprint density at radius 3 is 2.10 bits per heavy atom. The molecule has 0 spiro atoms. The molecule has 0 saturated heterocycles. The Labute approximate surface area is 121 Å². The first kappa shape index (κ1) is 16.8. The van der Waals surface area contributed by atoms with Gasteiger partial charge in [-0.2, -0.15) is 13.2 Å². The Kier molecular flexibility index (Phi) is 6.05. The van der Waals surface area contributed by atoms with Crippen molar-refractivity contribution in [2.45, 2.75) is 12.7 Å². The quantitative estimate of drug-likeness (QED) is 0.835. The highest BCUT2D eigenvalue weighted by Crippen LogP contribution is 2.35. The monoisotopic (exact) mass is 298 g/mol. The van der Waals surface area contributed by atoms with Crippen LogP contribution in [0.2, 0.25) is 0 Å². The molecular formula is C15H17F3N2O. The molecular weight excluding hydrogens is 281 g/mol. The minimum absolute atomic E-state index is 0.140. The van der Waals surface area contributed by atoms with Gasteiger partial charge in [-0.3, -0.25) is 0 Å². The van der Waals surface area contributed by atoms with Gasteiger partial charge in [-0.05, 0) is 23.8 Å². The number of hydrogen-bond donors (Lipinski definition) is 2. The van der Waals surface area contributed by atoms with E-state index in [1.807, 2.05) is 30.3 Å². The molecule has 0 fully saturated rings. The maximum Gasteiger partial charge on any atom is 0.418 e. The lowest BCUT2D eigenvalue weighted by Crippen LogP contribution is -2.08. The molecule has 0 aliphatic heterocycles. The van der Waals surface area contributed by atoms with Crippen molar-refractivity contribution in [2.75, 3.05) is 12.8 Å². The molecule has 6 heteroatoms. The van der Waals surface area contributed by atoms with E-state index in [9.17, 15) is 13.2 Å². The van der Waals surface area contributed by atoms with Gasteiger partial charge in [0.1, 0.15) is 5.75 Å². The van der Waals surface area contributed by atoms with E-state index in [0.717, 1.165) is 6.07 Å². The summed E-state index contributed by atoms with van der Waals surface area (Å²) in [5.41, 5.74) is 10.5. The molecule has 2 aromatic carbocycles. The number of rotatable bonds is 2. The molecule has 0 amide bonds. The van der Waals surface area contributed by atoms with Crippen LogP contribution in [0.4, 0.5) is 18.9 Å². The van der Waals surface area contributed by atoms with Gasteiger partial charge in [0.25, 0.3) is 0 Å². The zero-order valence-corrected chi connectivity index (χ0v) is 11.5. The molecule has 0 saturated carbocycles.